The molecular weight excluding hydrogens is 196 g/mol. The zero-order valence-corrected chi connectivity index (χ0v) is 11.0. The Kier molecular flexibility index (Phi) is 2.12. The lowest BCUT2D eigenvalue weighted by Crippen LogP contribution is -2.43. The van der Waals surface area contributed by atoms with Gasteiger partial charge in [0.2, 0.25) is 0 Å². The molecule has 2 fully saturated rings. The van der Waals surface area contributed by atoms with Gasteiger partial charge < -0.3 is 4.74 Å². The van der Waals surface area contributed by atoms with Crippen molar-refractivity contribution in [3.05, 3.63) is 11.6 Å². The molecule has 4 atom stereocenters. The second-order valence-electron chi connectivity index (χ2n) is 6.71. The molecule has 0 N–H and O–H groups in total. The number of hydrogen-bond donors (Lipinski definition) is 0. The first-order valence-electron chi connectivity index (χ1n) is 6.86. The lowest BCUT2D eigenvalue weighted by Gasteiger charge is -2.41. The van der Waals surface area contributed by atoms with Crippen LogP contribution in [0.1, 0.15) is 53.4 Å². The van der Waals surface area contributed by atoms with Gasteiger partial charge in [0.05, 0.1) is 5.60 Å². The van der Waals surface area contributed by atoms with Crippen LogP contribution in [0.4, 0.5) is 0 Å². The van der Waals surface area contributed by atoms with Gasteiger partial charge in [-0.05, 0) is 51.4 Å². The first kappa shape index (κ1) is 10.8. The standard InChI is InChI=1S/C15H24O/c1-10(2)12-6-7-14(4)15(16-14)8-5-11(3)9-13(12)15/h9-10,12-13H,5-8H2,1-4H3/t12-,13?,14+,15-/m1/s1. The first-order chi connectivity index (χ1) is 7.48. The summed E-state index contributed by atoms with van der Waals surface area (Å²) in [4.78, 5) is 0. The summed E-state index contributed by atoms with van der Waals surface area (Å²) >= 11 is 0. The molecule has 1 spiro atoms. The van der Waals surface area contributed by atoms with Gasteiger partial charge in [0.1, 0.15) is 5.60 Å². The van der Waals surface area contributed by atoms with E-state index in [1.54, 1.807) is 5.57 Å². The summed E-state index contributed by atoms with van der Waals surface area (Å²) in [5.41, 5.74) is 2.04. The van der Waals surface area contributed by atoms with Crippen LogP contribution in [0.2, 0.25) is 0 Å². The monoisotopic (exact) mass is 220 g/mol. The van der Waals surface area contributed by atoms with Gasteiger partial charge in [-0.2, -0.15) is 0 Å². The first-order valence-corrected chi connectivity index (χ1v) is 6.86. The van der Waals surface area contributed by atoms with Gasteiger partial charge in [-0.3, -0.25) is 0 Å². The fraction of sp³-hybridized carbons (Fsp3) is 0.867. The Hall–Kier alpha value is -0.300. The Labute approximate surface area is 99.3 Å². The highest BCUT2D eigenvalue weighted by Gasteiger charge is 2.72. The van der Waals surface area contributed by atoms with Crippen LogP contribution in [0.5, 0.6) is 0 Å². The minimum atomic E-state index is 0.222. The highest BCUT2D eigenvalue weighted by Crippen LogP contribution is 2.66. The van der Waals surface area contributed by atoms with Crippen molar-refractivity contribution in [1.82, 2.24) is 0 Å². The second-order valence-corrected chi connectivity index (χ2v) is 6.71. The summed E-state index contributed by atoms with van der Waals surface area (Å²) in [6, 6.07) is 0. The van der Waals surface area contributed by atoms with Gasteiger partial charge in [0.15, 0.2) is 0 Å². The lowest BCUT2D eigenvalue weighted by molar-refractivity contribution is 0.137. The summed E-state index contributed by atoms with van der Waals surface area (Å²) in [5.74, 6) is 2.32. The average molecular weight is 220 g/mol. The molecule has 1 heterocycles. The molecular formula is C15H24O. The van der Waals surface area contributed by atoms with Crippen molar-refractivity contribution >= 4 is 0 Å². The lowest BCUT2D eigenvalue weighted by atomic mass is 9.60. The molecule has 0 aromatic carbocycles. The molecule has 90 valence electrons. The van der Waals surface area contributed by atoms with Crippen LogP contribution in [-0.4, -0.2) is 11.2 Å². The minimum Gasteiger partial charge on any atom is -0.362 e. The predicted molar refractivity (Wildman–Crippen MR) is 66.3 cm³/mol. The van der Waals surface area contributed by atoms with Crippen molar-refractivity contribution in [3.63, 3.8) is 0 Å². The summed E-state index contributed by atoms with van der Waals surface area (Å²) in [6.07, 6.45) is 7.68. The third kappa shape index (κ3) is 1.21. The van der Waals surface area contributed by atoms with E-state index in [9.17, 15) is 0 Å². The van der Waals surface area contributed by atoms with E-state index >= 15 is 0 Å². The normalized spacial score (nSPS) is 50.7. The van der Waals surface area contributed by atoms with Crippen LogP contribution < -0.4 is 0 Å². The maximum absolute atomic E-state index is 6.24. The molecule has 0 aromatic rings. The minimum absolute atomic E-state index is 0.222. The highest BCUT2D eigenvalue weighted by molar-refractivity contribution is 5.29. The van der Waals surface area contributed by atoms with Gasteiger partial charge in [0, 0.05) is 5.92 Å². The molecule has 1 heteroatoms. The zero-order valence-electron chi connectivity index (χ0n) is 11.0. The van der Waals surface area contributed by atoms with Crippen molar-refractivity contribution in [3.8, 4) is 0 Å². The van der Waals surface area contributed by atoms with Crippen molar-refractivity contribution in [1.29, 1.82) is 0 Å². The molecule has 2 aliphatic carbocycles. The highest BCUT2D eigenvalue weighted by atomic mass is 16.6. The molecule has 1 saturated heterocycles. The van der Waals surface area contributed by atoms with Gasteiger partial charge in [0.25, 0.3) is 0 Å². The Morgan fingerprint density at radius 2 is 2.12 bits per heavy atom. The van der Waals surface area contributed by atoms with Crippen molar-refractivity contribution in [2.24, 2.45) is 17.8 Å². The second kappa shape index (κ2) is 3.13. The Balaban J connectivity index is 1.97. The quantitative estimate of drug-likeness (QED) is 0.482. The summed E-state index contributed by atoms with van der Waals surface area (Å²) in [5, 5.41) is 0. The van der Waals surface area contributed by atoms with Gasteiger partial charge in [-0.25, -0.2) is 0 Å². The summed E-state index contributed by atoms with van der Waals surface area (Å²) < 4.78 is 6.24. The SMILES string of the molecule is CC1=CC2[C@@H](C(C)C)CC[C@]3(C)O[C@]23CC1. The molecule has 3 rings (SSSR count). The van der Waals surface area contributed by atoms with E-state index < -0.39 is 0 Å². The molecule has 3 aliphatic rings. The van der Waals surface area contributed by atoms with Crippen LogP contribution in [0.15, 0.2) is 11.6 Å². The van der Waals surface area contributed by atoms with Crippen molar-refractivity contribution < 1.29 is 4.74 Å². The Bertz CT molecular complexity index is 343. The maximum Gasteiger partial charge on any atom is 0.104 e. The number of rotatable bonds is 1. The largest absolute Gasteiger partial charge is 0.362 e. The van der Waals surface area contributed by atoms with Gasteiger partial charge in [-0.1, -0.05) is 25.5 Å². The molecule has 0 amide bonds. The van der Waals surface area contributed by atoms with Gasteiger partial charge >= 0.3 is 0 Å². The average Bonchev–Trinajstić information content (AvgIpc) is 2.81. The maximum atomic E-state index is 6.24. The van der Waals surface area contributed by atoms with Crippen molar-refractivity contribution in [2.75, 3.05) is 0 Å². The Morgan fingerprint density at radius 3 is 2.81 bits per heavy atom. The van der Waals surface area contributed by atoms with E-state index in [4.69, 9.17) is 4.74 Å². The predicted octanol–water partition coefficient (Wildman–Crippen LogP) is 3.94. The van der Waals surface area contributed by atoms with Crippen LogP contribution in [-0.2, 0) is 4.74 Å². The fourth-order valence-corrected chi connectivity index (χ4v) is 4.29. The fourth-order valence-electron chi connectivity index (χ4n) is 4.29. The van der Waals surface area contributed by atoms with E-state index in [-0.39, 0.29) is 11.2 Å². The molecule has 1 saturated carbocycles. The van der Waals surface area contributed by atoms with Crippen LogP contribution >= 0.6 is 0 Å². The summed E-state index contributed by atoms with van der Waals surface area (Å²) in [6.45, 7) is 9.38. The third-order valence-corrected chi connectivity index (χ3v) is 5.43. The molecule has 0 aromatic heterocycles. The van der Waals surface area contributed by atoms with E-state index in [1.807, 2.05) is 0 Å². The number of ether oxygens (including phenoxy) is 1. The van der Waals surface area contributed by atoms with E-state index in [0.717, 1.165) is 11.8 Å². The van der Waals surface area contributed by atoms with E-state index in [2.05, 4.69) is 33.8 Å². The molecule has 0 bridgehead atoms. The molecule has 1 nitrogen and oxygen atoms in total. The smallest absolute Gasteiger partial charge is 0.104 e. The summed E-state index contributed by atoms with van der Waals surface area (Å²) in [7, 11) is 0. The molecule has 0 radical (unpaired) electrons. The Morgan fingerprint density at radius 1 is 1.38 bits per heavy atom. The number of allylic oxidation sites excluding steroid dienone is 1. The topological polar surface area (TPSA) is 12.5 Å². The molecule has 16 heavy (non-hydrogen) atoms. The zero-order chi connectivity index (χ0) is 11.6. The van der Waals surface area contributed by atoms with E-state index in [1.165, 1.54) is 25.7 Å². The van der Waals surface area contributed by atoms with Gasteiger partial charge in [-0.15, -0.1) is 0 Å². The number of epoxide rings is 1. The van der Waals surface area contributed by atoms with Crippen LogP contribution in [0, 0.1) is 17.8 Å². The molecule has 1 aliphatic heterocycles. The van der Waals surface area contributed by atoms with E-state index in [0.29, 0.717) is 5.92 Å². The number of hydrogen-bond acceptors (Lipinski definition) is 1. The van der Waals surface area contributed by atoms with Crippen LogP contribution in [0.25, 0.3) is 0 Å². The van der Waals surface area contributed by atoms with Crippen LogP contribution in [0.3, 0.4) is 0 Å². The van der Waals surface area contributed by atoms with Crippen molar-refractivity contribution in [2.45, 2.75) is 64.6 Å². The third-order valence-electron chi connectivity index (χ3n) is 5.43. The molecule has 1 unspecified atom stereocenters.